The minimum Gasteiger partial charge on any atom is -0.545 e. The van der Waals surface area contributed by atoms with E-state index in [9.17, 15) is 9.90 Å². The summed E-state index contributed by atoms with van der Waals surface area (Å²) in [4.78, 5) is 10.7. The maximum Gasteiger partial charge on any atom is 0.171 e. The average molecular weight is 345 g/mol. The van der Waals surface area contributed by atoms with Crippen LogP contribution in [0.2, 0.25) is 0 Å². The van der Waals surface area contributed by atoms with Gasteiger partial charge >= 0.3 is 0 Å². The van der Waals surface area contributed by atoms with Crippen molar-refractivity contribution in [3.8, 4) is 11.5 Å². The summed E-state index contributed by atoms with van der Waals surface area (Å²) in [6.07, 6.45) is 0. The van der Waals surface area contributed by atoms with Gasteiger partial charge in [0, 0.05) is 18.3 Å². The number of ether oxygens (including phenoxy) is 2. The quantitative estimate of drug-likeness (QED) is 0.769. The molecule has 2 aromatic rings. The Balaban J connectivity index is 1.92. The van der Waals surface area contributed by atoms with E-state index in [0.29, 0.717) is 23.2 Å². The van der Waals surface area contributed by atoms with Crippen LogP contribution in [-0.2, 0) is 6.54 Å². The van der Waals surface area contributed by atoms with E-state index in [1.54, 1.807) is 38.5 Å². The van der Waals surface area contributed by atoms with Crippen LogP contribution in [0.3, 0.4) is 0 Å². The Labute approximate surface area is 145 Å². The van der Waals surface area contributed by atoms with Crippen LogP contribution in [0.1, 0.15) is 15.9 Å². The molecular formula is C17H17N2O4S-. The number of carbonyl (C=O) groups excluding carboxylic acids is 1. The lowest BCUT2D eigenvalue weighted by Gasteiger charge is -2.13. The third-order valence-corrected chi connectivity index (χ3v) is 3.53. The van der Waals surface area contributed by atoms with Crippen molar-refractivity contribution in [2.75, 3.05) is 19.5 Å². The van der Waals surface area contributed by atoms with E-state index in [0.717, 1.165) is 11.3 Å². The number of benzene rings is 2. The van der Waals surface area contributed by atoms with E-state index in [-0.39, 0.29) is 5.56 Å². The zero-order chi connectivity index (χ0) is 17.5. The fourth-order valence-corrected chi connectivity index (χ4v) is 2.22. The standard InChI is InChI=1S/C17H18N2O4S/c1-22-14-8-7-13(9-15(14)23-2)19-17(24)18-10-11-3-5-12(6-4-11)16(20)21/h3-9H,10H2,1-2H3,(H,20,21)(H2,18,19,24)/p-1. The Hall–Kier alpha value is -2.80. The molecule has 0 saturated carbocycles. The molecular weight excluding hydrogens is 328 g/mol. The number of carboxylic acid groups (broad SMARTS) is 1. The smallest absolute Gasteiger partial charge is 0.171 e. The predicted molar refractivity (Wildman–Crippen MR) is 93.4 cm³/mol. The molecule has 0 spiro atoms. The Morgan fingerprint density at radius 2 is 1.75 bits per heavy atom. The minimum atomic E-state index is -1.19. The van der Waals surface area contributed by atoms with Crippen LogP contribution in [0.25, 0.3) is 0 Å². The summed E-state index contributed by atoms with van der Waals surface area (Å²) in [5.41, 5.74) is 1.80. The number of methoxy groups -OCH3 is 2. The second kappa shape index (κ2) is 8.16. The minimum absolute atomic E-state index is 0.143. The van der Waals surface area contributed by atoms with E-state index >= 15 is 0 Å². The monoisotopic (exact) mass is 345 g/mol. The first kappa shape index (κ1) is 17.6. The molecule has 0 unspecified atom stereocenters. The summed E-state index contributed by atoms with van der Waals surface area (Å²) < 4.78 is 10.4. The van der Waals surface area contributed by atoms with Gasteiger partial charge < -0.3 is 30.0 Å². The van der Waals surface area contributed by atoms with Crippen LogP contribution in [0.5, 0.6) is 11.5 Å². The van der Waals surface area contributed by atoms with Crippen LogP contribution in [0.4, 0.5) is 5.69 Å². The number of carboxylic acids is 1. The van der Waals surface area contributed by atoms with Gasteiger partial charge in [0.2, 0.25) is 0 Å². The number of carbonyl (C=O) groups is 1. The van der Waals surface area contributed by atoms with Crippen molar-refractivity contribution in [2.45, 2.75) is 6.54 Å². The molecule has 0 radical (unpaired) electrons. The summed E-state index contributed by atoms with van der Waals surface area (Å²) in [5.74, 6) is 0.0401. The number of rotatable bonds is 6. The molecule has 2 aromatic carbocycles. The largest absolute Gasteiger partial charge is 0.545 e. The van der Waals surface area contributed by atoms with Gasteiger partial charge in [-0.25, -0.2) is 0 Å². The van der Waals surface area contributed by atoms with E-state index in [4.69, 9.17) is 21.7 Å². The lowest BCUT2D eigenvalue weighted by Crippen LogP contribution is -2.28. The number of hydrogen-bond acceptors (Lipinski definition) is 5. The molecule has 6 nitrogen and oxygen atoms in total. The van der Waals surface area contributed by atoms with Gasteiger partial charge in [0.05, 0.1) is 20.2 Å². The molecule has 0 aliphatic carbocycles. The van der Waals surface area contributed by atoms with Crippen LogP contribution in [-0.4, -0.2) is 25.3 Å². The molecule has 0 heterocycles. The highest BCUT2D eigenvalue weighted by Gasteiger charge is 2.05. The summed E-state index contributed by atoms with van der Waals surface area (Å²) in [7, 11) is 3.14. The molecule has 0 aliphatic heterocycles. The van der Waals surface area contributed by atoms with Gasteiger partial charge in [-0.3, -0.25) is 0 Å². The van der Waals surface area contributed by atoms with Gasteiger partial charge in [-0.2, -0.15) is 0 Å². The molecule has 126 valence electrons. The van der Waals surface area contributed by atoms with E-state index < -0.39 is 5.97 Å². The van der Waals surface area contributed by atoms with Gasteiger partial charge in [-0.05, 0) is 35.5 Å². The lowest BCUT2D eigenvalue weighted by atomic mass is 10.1. The highest BCUT2D eigenvalue weighted by molar-refractivity contribution is 7.80. The third-order valence-electron chi connectivity index (χ3n) is 3.28. The topological polar surface area (TPSA) is 82.7 Å². The van der Waals surface area contributed by atoms with Crippen molar-refractivity contribution in [3.05, 3.63) is 53.6 Å². The predicted octanol–water partition coefficient (Wildman–Crippen LogP) is 1.55. The lowest BCUT2D eigenvalue weighted by molar-refractivity contribution is -0.255. The first-order chi connectivity index (χ1) is 11.5. The van der Waals surface area contributed by atoms with Gasteiger partial charge in [-0.15, -0.1) is 0 Å². The van der Waals surface area contributed by atoms with Crippen molar-refractivity contribution in [3.63, 3.8) is 0 Å². The van der Waals surface area contributed by atoms with Crippen LogP contribution in [0, 0.1) is 0 Å². The zero-order valence-corrected chi connectivity index (χ0v) is 14.1. The van der Waals surface area contributed by atoms with Gasteiger partial charge in [0.25, 0.3) is 0 Å². The Kier molecular flexibility index (Phi) is 5.97. The number of thiocarbonyl (C=S) groups is 1. The molecule has 0 amide bonds. The molecule has 7 heteroatoms. The molecule has 0 bridgehead atoms. The number of anilines is 1. The highest BCUT2D eigenvalue weighted by Crippen LogP contribution is 2.29. The highest BCUT2D eigenvalue weighted by atomic mass is 32.1. The molecule has 0 fully saturated rings. The zero-order valence-electron chi connectivity index (χ0n) is 13.3. The fraction of sp³-hybridized carbons (Fsp3) is 0.176. The van der Waals surface area contributed by atoms with Crippen LogP contribution < -0.4 is 25.2 Å². The van der Waals surface area contributed by atoms with E-state index in [1.165, 1.54) is 12.1 Å². The van der Waals surface area contributed by atoms with E-state index in [1.807, 2.05) is 6.07 Å². The number of aromatic carboxylic acids is 1. The van der Waals surface area contributed by atoms with Crippen molar-refractivity contribution < 1.29 is 19.4 Å². The Morgan fingerprint density at radius 1 is 1.08 bits per heavy atom. The van der Waals surface area contributed by atoms with Crippen molar-refractivity contribution in [2.24, 2.45) is 0 Å². The summed E-state index contributed by atoms with van der Waals surface area (Å²) in [6.45, 7) is 0.465. The molecule has 2 rings (SSSR count). The number of hydrogen-bond donors (Lipinski definition) is 2. The van der Waals surface area contributed by atoms with Gasteiger partial charge in [0.15, 0.2) is 16.6 Å². The number of nitrogens with one attached hydrogen (secondary N) is 2. The summed E-state index contributed by atoms with van der Waals surface area (Å²) >= 11 is 5.24. The van der Waals surface area contributed by atoms with Crippen molar-refractivity contribution >= 4 is 29.0 Å². The molecule has 0 saturated heterocycles. The molecule has 24 heavy (non-hydrogen) atoms. The maximum absolute atomic E-state index is 10.7. The molecule has 0 atom stereocenters. The molecule has 2 N–H and O–H groups in total. The first-order valence-electron chi connectivity index (χ1n) is 7.10. The van der Waals surface area contributed by atoms with Crippen molar-refractivity contribution in [1.82, 2.24) is 5.32 Å². The van der Waals surface area contributed by atoms with Gasteiger partial charge in [-0.1, -0.05) is 24.3 Å². The van der Waals surface area contributed by atoms with Crippen molar-refractivity contribution in [1.29, 1.82) is 0 Å². The molecule has 0 aliphatic rings. The third kappa shape index (κ3) is 4.60. The maximum atomic E-state index is 10.7. The van der Waals surface area contributed by atoms with Crippen LogP contribution in [0.15, 0.2) is 42.5 Å². The second-order valence-corrected chi connectivity index (χ2v) is 5.27. The van der Waals surface area contributed by atoms with E-state index in [2.05, 4.69) is 10.6 Å². The first-order valence-corrected chi connectivity index (χ1v) is 7.51. The average Bonchev–Trinajstić information content (AvgIpc) is 2.60. The van der Waals surface area contributed by atoms with Crippen LogP contribution >= 0.6 is 12.2 Å². The SMILES string of the molecule is COc1ccc(NC(=S)NCc2ccc(C(=O)[O-])cc2)cc1OC. The summed E-state index contributed by atoms with van der Waals surface area (Å²) in [5, 5.41) is 17.2. The summed E-state index contributed by atoms with van der Waals surface area (Å²) in [6, 6.07) is 11.8. The normalized spacial score (nSPS) is 9.92. The van der Waals surface area contributed by atoms with Gasteiger partial charge in [0.1, 0.15) is 0 Å². The molecule has 0 aromatic heterocycles. The Morgan fingerprint density at radius 3 is 2.33 bits per heavy atom. The second-order valence-electron chi connectivity index (χ2n) is 4.86. The fourth-order valence-electron chi connectivity index (χ4n) is 2.03. The Bertz CT molecular complexity index is 732.